The lowest BCUT2D eigenvalue weighted by molar-refractivity contribution is -0.125. The first-order valence-corrected chi connectivity index (χ1v) is 11.1. The van der Waals surface area contributed by atoms with Crippen molar-refractivity contribution >= 4 is 29.3 Å². The summed E-state index contributed by atoms with van der Waals surface area (Å²) in [6, 6.07) is 15.5. The van der Waals surface area contributed by atoms with E-state index in [0.29, 0.717) is 17.9 Å². The van der Waals surface area contributed by atoms with Gasteiger partial charge in [-0.25, -0.2) is 0 Å². The van der Waals surface area contributed by atoms with Crippen LogP contribution < -0.4 is 9.64 Å². The Morgan fingerprint density at radius 2 is 1.80 bits per heavy atom. The number of rotatable bonds is 7. The van der Waals surface area contributed by atoms with Crippen LogP contribution >= 0.6 is 11.8 Å². The highest BCUT2D eigenvalue weighted by molar-refractivity contribution is 8.00. The molecule has 1 heterocycles. The number of ether oxygens (including phenoxy) is 1. The molecule has 1 aliphatic heterocycles. The van der Waals surface area contributed by atoms with Gasteiger partial charge in [-0.15, -0.1) is 11.8 Å². The van der Waals surface area contributed by atoms with Crippen molar-refractivity contribution < 1.29 is 14.3 Å². The third-order valence-electron chi connectivity index (χ3n) is 5.10. The maximum atomic E-state index is 13.2. The molecule has 0 unspecified atom stereocenters. The smallest absolute Gasteiger partial charge is 0.254 e. The average Bonchev–Trinajstić information content (AvgIpc) is 2.76. The molecule has 0 bridgehead atoms. The SMILES string of the molecule is CCN1C[C@H](CN(C)C(=O)c2ccccc2SCC(=O)N(C)C)Oc2ccccc21. The van der Waals surface area contributed by atoms with Crippen molar-refractivity contribution in [2.24, 2.45) is 0 Å². The maximum absolute atomic E-state index is 13.2. The minimum absolute atomic E-state index is 0.0181. The predicted molar refractivity (Wildman–Crippen MR) is 122 cm³/mol. The Kier molecular flexibility index (Phi) is 7.26. The average molecular weight is 428 g/mol. The van der Waals surface area contributed by atoms with Crippen molar-refractivity contribution in [2.75, 3.05) is 51.4 Å². The number of anilines is 1. The van der Waals surface area contributed by atoms with Gasteiger partial charge in [-0.1, -0.05) is 24.3 Å². The van der Waals surface area contributed by atoms with E-state index in [9.17, 15) is 9.59 Å². The van der Waals surface area contributed by atoms with Gasteiger partial charge in [0.15, 0.2) is 0 Å². The number of hydrogen-bond donors (Lipinski definition) is 0. The summed E-state index contributed by atoms with van der Waals surface area (Å²) in [6.07, 6.45) is -0.107. The highest BCUT2D eigenvalue weighted by atomic mass is 32.2. The molecule has 7 heteroatoms. The summed E-state index contributed by atoms with van der Waals surface area (Å²) < 4.78 is 6.17. The Morgan fingerprint density at radius 3 is 2.53 bits per heavy atom. The molecule has 0 saturated heterocycles. The van der Waals surface area contributed by atoms with Crippen LogP contribution in [0.1, 0.15) is 17.3 Å². The normalized spacial score (nSPS) is 15.2. The summed E-state index contributed by atoms with van der Waals surface area (Å²) in [5.74, 6) is 1.11. The van der Waals surface area contributed by atoms with Gasteiger partial charge in [-0.3, -0.25) is 9.59 Å². The zero-order chi connectivity index (χ0) is 21.7. The first-order valence-electron chi connectivity index (χ1n) is 10.1. The molecule has 0 aliphatic carbocycles. The van der Waals surface area contributed by atoms with Crippen molar-refractivity contribution in [1.82, 2.24) is 9.80 Å². The molecule has 0 fully saturated rings. The van der Waals surface area contributed by atoms with E-state index in [1.165, 1.54) is 11.8 Å². The number of carbonyl (C=O) groups is 2. The minimum atomic E-state index is -0.107. The molecule has 0 aromatic heterocycles. The van der Waals surface area contributed by atoms with E-state index in [1.54, 1.807) is 30.9 Å². The largest absolute Gasteiger partial charge is 0.485 e. The molecule has 0 spiro atoms. The molecule has 6 nitrogen and oxygen atoms in total. The van der Waals surface area contributed by atoms with Crippen LogP contribution in [0.15, 0.2) is 53.4 Å². The van der Waals surface area contributed by atoms with Gasteiger partial charge in [0.25, 0.3) is 5.91 Å². The van der Waals surface area contributed by atoms with Crippen molar-refractivity contribution in [1.29, 1.82) is 0 Å². The van der Waals surface area contributed by atoms with Gasteiger partial charge in [0, 0.05) is 32.6 Å². The minimum Gasteiger partial charge on any atom is -0.485 e. The second-order valence-electron chi connectivity index (χ2n) is 7.50. The van der Waals surface area contributed by atoms with Crippen LogP contribution in [0.2, 0.25) is 0 Å². The lowest BCUT2D eigenvalue weighted by atomic mass is 10.1. The van der Waals surface area contributed by atoms with Crippen LogP contribution in [0.3, 0.4) is 0 Å². The third kappa shape index (κ3) is 5.08. The standard InChI is InChI=1S/C23H29N3O3S/c1-5-26-15-17(29-20-12-8-7-11-19(20)26)14-25(4)23(28)18-10-6-9-13-21(18)30-16-22(27)24(2)3/h6-13,17H,5,14-16H2,1-4H3/t17-/m0/s1. The molecule has 3 rings (SSSR count). The second kappa shape index (κ2) is 9.89. The van der Waals surface area contributed by atoms with Crippen LogP contribution in [0.4, 0.5) is 5.69 Å². The number of amides is 2. The van der Waals surface area contributed by atoms with E-state index in [-0.39, 0.29) is 17.9 Å². The monoisotopic (exact) mass is 427 g/mol. The van der Waals surface area contributed by atoms with Crippen molar-refractivity contribution in [3.63, 3.8) is 0 Å². The number of para-hydroxylation sites is 2. The molecule has 1 aliphatic rings. The van der Waals surface area contributed by atoms with Crippen molar-refractivity contribution in [3.05, 3.63) is 54.1 Å². The van der Waals surface area contributed by atoms with Gasteiger partial charge in [-0.05, 0) is 31.2 Å². The number of fused-ring (bicyclic) bond motifs is 1. The Morgan fingerprint density at radius 1 is 1.10 bits per heavy atom. The number of benzene rings is 2. The third-order valence-corrected chi connectivity index (χ3v) is 6.16. The fourth-order valence-corrected chi connectivity index (χ4v) is 4.43. The van der Waals surface area contributed by atoms with Gasteiger partial charge < -0.3 is 19.4 Å². The molecule has 1 atom stereocenters. The topological polar surface area (TPSA) is 53.1 Å². The van der Waals surface area contributed by atoms with Crippen LogP contribution in [-0.2, 0) is 4.79 Å². The maximum Gasteiger partial charge on any atom is 0.254 e. The summed E-state index contributed by atoms with van der Waals surface area (Å²) in [7, 11) is 5.26. The summed E-state index contributed by atoms with van der Waals surface area (Å²) in [5.41, 5.74) is 1.71. The van der Waals surface area contributed by atoms with Gasteiger partial charge in [-0.2, -0.15) is 0 Å². The van der Waals surface area contributed by atoms with Crippen molar-refractivity contribution in [2.45, 2.75) is 17.9 Å². The van der Waals surface area contributed by atoms with Crippen molar-refractivity contribution in [3.8, 4) is 5.75 Å². The highest BCUT2D eigenvalue weighted by Crippen LogP contribution is 2.33. The highest BCUT2D eigenvalue weighted by Gasteiger charge is 2.27. The molecule has 160 valence electrons. The first-order chi connectivity index (χ1) is 14.4. The second-order valence-corrected chi connectivity index (χ2v) is 8.52. The van der Waals surface area contributed by atoms with Gasteiger partial charge in [0.2, 0.25) is 5.91 Å². The molecule has 0 radical (unpaired) electrons. The lowest BCUT2D eigenvalue weighted by Gasteiger charge is -2.37. The molecule has 2 aromatic rings. The molecule has 2 aromatic carbocycles. The number of thioether (sulfide) groups is 1. The summed E-state index contributed by atoms with van der Waals surface area (Å²) >= 11 is 1.39. The van der Waals surface area contributed by atoms with E-state index >= 15 is 0 Å². The Hall–Kier alpha value is -2.67. The quantitative estimate of drug-likeness (QED) is 0.635. The summed E-state index contributed by atoms with van der Waals surface area (Å²) in [4.78, 5) is 31.5. The van der Waals surface area contributed by atoms with E-state index in [4.69, 9.17) is 4.74 Å². The van der Waals surface area contributed by atoms with Crippen LogP contribution in [0.25, 0.3) is 0 Å². The van der Waals surface area contributed by atoms with Gasteiger partial charge in [0.1, 0.15) is 11.9 Å². The number of nitrogens with zero attached hydrogens (tertiary/aromatic N) is 3. The zero-order valence-corrected chi connectivity index (χ0v) is 18.8. The zero-order valence-electron chi connectivity index (χ0n) is 18.0. The lowest BCUT2D eigenvalue weighted by Crippen LogP contribution is -2.46. The summed E-state index contributed by atoms with van der Waals surface area (Å²) in [5, 5.41) is 0. The Labute approximate surface area is 182 Å². The number of hydrogen-bond acceptors (Lipinski definition) is 5. The van der Waals surface area contributed by atoms with Crippen LogP contribution in [0.5, 0.6) is 5.75 Å². The Bertz CT molecular complexity index is 903. The number of likely N-dealkylation sites (N-methyl/N-ethyl adjacent to an activating group) is 2. The van der Waals surface area contributed by atoms with Crippen LogP contribution in [-0.4, -0.2) is 74.2 Å². The first kappa shape index (κ1) is 22.0. The van der Waals surface area contributed by atoms with Gasteiger partial charge in [0.05, 0.1) is 30.1 Å². The molecule has 2 amide bonds. The molecular formula is C23H29N3O3S. The molecule has 0 N–H and O–H groups in total. The molecule has 30 heavy (non-hydrogen) atoms. The summed E-state index contributed by atoms with van der Waals surface area (Å²) in [6.45, 7) is 4.22. The number of carbonyl (C=O) groups excluding carboxylic acids is 2. The Balaban J connectivity index is 1.69. The van der Waals surface area contributed by atoms with E-state index in [2.05, 4.69) is 17.9 Å². The molecular weight excluding hydrogens is 398 g/mol. The van der Waals surface area contributed by atoms with Gasteiger partial charge >= 0.3 is 0 Å². The predicted octanol–water partition coefficient (Wildman–Crippen LogP) is 3.23. The van der Waals surface area contributed by atoms with E-state index in [0.717, 1.165) is 29.4 Å². The fraction of sp³-hybridized carbons (Fsp3) is 0.391. The van der Waals surface area contributed by atoms with E-state index < -0.39 is 0 Å². The van der Waals surface area contributed by atoms with Crippen LogP contribution in [0, 0.1) is 0 Å². The molecule has 0 saturated carbocycles. The van der Waals surface area contributed by atoms with E-state index in [1.807, 2.05) is 42.5 Å². The fourth-order valence-electron chi connectivity index (χ4n) is 3.41.